The van der Waals surface area contributed by atoms with Gasteiger partial charge in [0.25, 0.3) is 0 Å². The van der Waals surface area contributed by atoms with E-state index in [4.69, 9.17) is 16.3 Å². The summed E-state index contributed by atoms with van der Waals surface area (Å²) >= 11 is 6.05. The van der Waals surface area contributed by atoms with Gasteiger partial charge in [0.05, 0.1) is 12.5 Å². The van der Waals surface area contributed by atoms with Gasteiger partial charge in [-0.2, -0.15) is 0 Å². The van der Waals surface area contributed by atoms with Crippen molar-refractivity contribution in [1.82, 2.24) is 0 Å². The Morgan fingerprint density at radius 3 is 2.93 bits per heavy atom. The first-order valence-corrected chi connectivity index (χ1v) is 5.53. The number of halogens is 1. The maximum absolute atomic E-state index is 11.4. The Labute approximate surface area is 94.2 Å². The molecular formula is C12H13ClO2. The zero-order chi connectivity index (χ0) is 10.8. The molecule has 0 heterocycles. The van der Waals surface area contributed by atoms with Crippen molar-refractivity contribution in [3.05, 3.63) is 34.9 Å². The van der Waals surface area contributed by atoms with Gasteiger partial charge in [0.2, 0.25) is 0 Å². The van der Waals surface area contributed by atoms with Crippen LogP contribution in [0.5, 0.6) is 0 Å². The van der Waals surface area contributed by atoms with Crippen LogP contribution in [0.2, 0.25) is 5.02 Å². The highest BCUT2D eigenvalue weighted by atomic mass is 35.5. The Morgan fingerprint density at radius 2 is 2.27 bits per heavy atom. The Kier molecular flexibility index (Phi) is 2.96. The monoisotopic (exact) mass is 224 g/mol. The molecule has 15 heavy (non-hydrogen) atoms. The van der Waals surface area contributed by atoms with Gasteiger partial charge in [-0.25, -0.2) is 0 Å². The molecule has 0 N–H and O–H groups in total. The van der Waals surface area contributed by atoms with E-state index in [-0.39, 0.29) is 17.8 Å². The molecule has 0 spiro atoms. The Bertz CT molecular complexity index is 376. The van der Waals surface area contributed by atoms with Crippen molar-refractivity contribution >= 4 is 17.6 Å². The molecule has 1 aliphatic rings. The van der Waals surface area contributed by atoms with E-state index in [0.29, 0.717) is 6.61 Å². The van der Waals surface area contributed by atoms with Gasteiger partial charge in [-0.05, 0) is 30.9 Å². The summed E-state index contributed by atoms with van der Waals surface area (Å²) in [5, 5.41) is 0.745. The van der Waals surface area contributed by atoms with Gasteiger partial charge in [0.15, 0.2) is 0 Å². The summed E-state index contributed by atoms with van der Waals surface area (Å²) in [7, 11) is 0. The van der Waals surface area contributed by atoms with Crippen molar-refractivity contribution in [2.75, 3.05) is 6.61 Å². The molecule has 0 bridgehead atoms. The summed E-state index contributed by atoms with van der Waals surface area (Å²) in [4.78, 5) is 11.4. The van der Waals surface area contributed by atoms with Gasteiger partial charge in [-0.3, -0.25) is 4.79 Å². The average molecular weight is 225 g/mol. The number of carbonyl (C=O) groups excluding carboxylic acids is 1. The number of hydrogen-bond acceptors (Lipinski definition) is 2. The number of rotatable bonds is 3. The lowest BCUT2D eigenvalue weighted by Gasteiger charge is -2.03. The van der Waals surface area contributed by atoms with E-state index < -0.39 is 0 Å². The fourth-order valence-corrected chi connectivity index (χ4v) is 2.10. The van der Waals surface area contributed by atoms with Crippen LogP contribution in [0.25, 0.3) is 0 Å². The molecule has 0 unspecified atom stereocenters. The van der Waals surface area contributed by atoms with Gasteiger partial charge in [0, 0.05) is 5.02 Å². The van der Waals surface area contributed by atoms with Crippen molar-refractivity contribution in [1.29, 1.82) is 0 Å². The molecule has 1 aromatic carbocycles. The number of ether oxygens (including phenoxy) is 1. The highest BCUT2D eigenvalue weighted by molar-refractivity contribution is 6.31. The normalized spacial score (nSPS) is 23.6. The second kappa shape index (κ2) is 4.23. The lowest BCUT2D eigenvalue weighted by molar-refractivity contribution is -0.144. The molecule has 0 radical (unpaired) electrons. The van der Waals surface area contributed by atoms with Crippen LogP contribution < -0.4 is 0 Å². The van der Waals surface area contributed by atoms with Crippen LogP contribution >= 0.6 is 11.6 Å². The predicted molar refractivity (Wildman–Crippen MR) is 58.9 cm³/mol. The fourth-order valence-electron chi connectivity index (χ4n) is 1.82. The van der Waals surface area contributed by atoms with Crippen LogP contribution in [-0.4, -0.2) is 12.6 Å². The van der Waals surface area contributed by atoms with Crippen molar-refractivity contribution in [3.63, 3.8) is 0 Å². The molecule has 1 fully saturated rings. The Hall–Kier alpha value is -1.02. The maximum atomic E-state index is 11.4. The number of benzene rings is 1. The highest BCUT2D eigenvalue weighted by Crippen LogP contribution is 2.50. The first kappa shape index (κ1) is 10.5. The Morgan fingerprint density at radius 1 is 1.53 bits per heavy atom. The van der Waals surface area contributed by atoms with E-state index in [2.05, 4.69) is 0 Å². The van der Waals surface area contributed by atoms with Crippen LogP contribution in [0, 0.1) is 5.92 Å². The van der Waals surface area contributed by atoms with Crippen LogP contribution in [0.3, 0.4) is 0 Å². The first-order valence-electron chi connectivity index (χ1n) is 5.15. The van der Waals surface area contributed by atoms with Gasteiger partial charge in [0.1, 0.15) is 0 Å². The van der Waals surface area contributed by atoms with Gasteiger partial charge in [-0.15, -0.1) is 0 Å². The van der Waals surface area contributed by atoms with Crippen molar-refractivity contribution in [2.45, 2.75) is 19.3 Å². The summed E-state index contributed by atoms with van der Waals surface area (Å²) in [6, 6.07) is 7.68. The van der Waals surface area contributed by atoms with Crippen LogP contribution in [-0.2, 0) is 9.53 Å². The smallest absolute Gasteiger partial charge is 0.309 e. The number of carbonyl (C=O) groups is 1. The van der Waals surface area contributed by atoms with Gasteiger partial charge >= 0.3 is 5.97 Å². The summed E-state index contributed by atoms with van der Waals surface area (Å²) in [6.07, 6.45) is 0.864. The molecule has 0 amide bonds. The molecule has 3 heteroatoms. The second-order valence-electron chi connectivity index (χ2n) is 3.72. The van der Waals surface area contributed by atoms with E-state index in [9.17, 15) is 4.79 Å². The average Bonchev–Trinajstić information content (AvgIpc) is 2.98. The maximum Gasteiger partial charge on any atom is 0.309 e. The zero-order valence-corrected chi connectivity index (χ0v) is 9.33. The number of esters is 1. The van der Waals surface area contributed by atoms with Crippen LogP contribution in [0.15, 0.2) is 24.3 Å². The zero-order valence-electron chi connectivity index (χ0n) is 8.57. The third kappa shape index (κ3) is 2.15. The minimum Gasteiger partial charge on any atom is -0.466 e. The molecule has 0 aliphatic heterocycles. The van der Waals surface area contributed by atoms with Gasteiger partial charge < -0.3 is 4.74 Å². The van der Waals surface area contributed by atoms with Crippen LogP contribution in [0.4, 0.5) is 0 Å². The molecule has 2 nitrogen and oxygen atoms in total. The van der Waals surface area contributed by atoms with E-state index in [1.807, 2.05) is 31.2 Å². The molecule has 0 aromatic heterocycles. The lowest BCUT2D eigenvalue weighted by Crippen LogP contribution is -2.07. The van der Waals surface area contributed by atoms with E-state index >= 15 is 0 Å². The minimum absolute atomic E-state index is 0.0184. The Balaban J connectivity index is 2.05. The van der Waals surface area contributed by atoms with Crippen molar-refractivity contribution < 1.29 is 9.53 Å². The quantitative estimate of drug-likeness (QED) is 0.738. The SMILES string of the molecule is CCOC(=O)[C@@H]1C[C@H]1c1ccccc1Cl. The van der Waals surface area contributed by atoms with Gasteiger partial charge in [-0.1, -0.05) is 29.8 Å². The molecule has 1 saturated carbocycles. The van der Waals surface area contributed by atoms with E-state index in [1.165, 1.54) is 0 Å². The minimum atomic E-state index is -0.0950. The summed E-state index contributed by atoms with van der Waals surface area (Å²) in [6.45, 7) is 2.27. The standard InChI is InChI=1S/C12H13ClO2/c1-2-15-12(14)10-7-9(10)8-5-3-4-6-11(8)13/h3-6,9-10H,2,7H2,1H3/t9-,10+/m0/s1. The first-order chi connectivity index (χ1) is 7.24. The summed E-state index contributed by atoms with van der Waals surface area (Å²) < 4.78 is 4.98. The largest absolute Gasteiger partial charge is 0.466 e. The highest BCUT2D eigenvalue weighted by Gasteiger charge is 2.45. The van der Waals surface area contributed by atoms with Crippen LogP contribution in [0.1, 0.15) is 24.8 Å². The molecule has 2 atom stereocenters. The van der Waals surface area contributed by atoms with E-state index in [1.54, 1.807) is 0 Å². The molecule has 1 aromatic rings. The molecular weight excluding hydrogens is 212 g/mol. The molecule has 80 valence electrons. The lowest BCUT2D eigenvalue weighted by atomic mass is 10.1. The fraction of sp³-hybridized carbons (Fsp3) is 0.417. The molecule has 2 rings (SSSR count). The molecule has 1 aliphatic carbocycles. The third-order valence-electron chi connectivity index (χ3n) is 2.68. The topological polar surface area (TPSA) is 26.3 Å². The summed E-state index contributed by atoms with van der Waals surface area (Å²) in [5.41, 5.74) is 1.07. The third-order valence-corrected chi connectivity index (χ3v) is 3.03. The predicted octanol–water partition coefficient (Wildman–Crippen LogP) is 3.01. The second-order valence-corrected chi connectivity index (χ2v) is 4.13. The van der Waals surface area contributed by atoms with Crippen molar-refractivity contribution in [2.24, 2.45) is 5.92 Å². The summed E-state index contributed by atoms with van der Waals surface area (Å²) in [5.74, 6) is 0.185. The van der Waals surface area contributed by atoms with E-state index in [0.717, 1.165) is 17.0 Å². The number of hydrogen-bond donors (Lipinski definition) is 0. The molecule has 0 saturated heterocycles. The van der Waals surface area contributed by atoms with Crippen molar-refractivity contribution in [3.8, 4) is 0 Å².